The van der Waals surface area contributed by atoms with Crippen molar-refractivity contribution in [3.05, 3.63) is 93.0 Å². The zero-order valence-corrected chi connectivity index (χ0v) is 24.6. The van der Waals surface area contributed by atoms with Gasteiger partial charge in [0, 0.05) is 22.1 Å². The summed E-state index contributed by atoms with van der Waals surface area (Å²) in [5, 5.41) is 0. The van der Waals surface area contributed by atoms with Crippen LogP contribution in [0.3, 0.4) is 0 Å². The third-order valence-electron chi connectivity index (χ3n) is 4.64. The number of aromatic nitrogens is 1. The van der Waals surface area contributed by atoms with Crippen molar-refractivity contribution in [2.45, 2.75) is 81.6 Å². The predicted octanol–water partition coefficient (Wildman–Crippen LogP) is 10.4. The number of thiophene rings is 1. The van der Waals surface area contributed by atoms with Gasteiger partial charge in [-0.2, -0.15) is 0 Å². The van der Waals surface area contributed by atoms with Crippen LogP contribution in [0.15, 0.2) is 66.5 Å². The Hall–Kier alpha value is -2.65. The SMILES string of the molecule is C/C=C(/c1ccc(OC)cc1)c1cc(C=C(C)C)c(C)s1.CC.CCC.CCCc1ccncc1. The van der Waals surface area contributed by atoms with Gasteiger partial charge in [-0.05, 0) is 86.7 Å². The lowest BCUT2D eigenvalue weighted by atomic mass is 10.0. The maximum atomic E-state index is 5.23. The van der Waals surface area contributed by atoms with Crippen molar-refractivity contribution in [3.8, 4) is 5.75 Å². The minimum atomic E-state index is 0.891. The fourth-order valence-corrected chi connectivity index (χ4v) is 4.24. The normalized spacial score (nSPS) is 9.94. The summed E-state index contributed by atoms with van der Waals surface area (Å²) in [6.45, 7) is 19.0. The van der Waals surface area contributed by atoms with Crippen molar-refractivity contribution in [1.29, 1.82) is 0 Å². The lowest BCUT2D eigenvalue weighted by molar-refractivity contribution is 0.415. The Bertz CT molecular complexity index is 978. The molecule has 0 atom stereocenters. The van der Waals surface area contributed by atoms with Crippen molar-refractivity contribution in [2.75, 3.05) is 7.11 Å². The Kier molecular flexibility index (Phi) is 18.1. The molecule has 3 aromatic rings. The lowest BCUT2D eigenvalue weighted by Crippen LogP contribution is -1.86. The van der Waals surface area contributed by atoms with Gasteiger partial charge in [0.05, 0.1) is 7.11 Å². The van der Waals surface area contributed by atoms with E-state index in [1.807, 2.05) is 49.7 Å². The number of hydrogen-bond acceptors (Lipinski definition) is 3. The van der Waals surface area contributed by atoms with Gasteiger partial charge >= 0.3 is 0 Å². The molecule has 0 N–H and O–H groups in total. The van der Waals surface area contributed by atoms with E-state index >= 15 is 0 Å². The lowest BCUT2D eigenvalue weighted by Gasteiger charge is -2.06. The van der Waals surface area contributed by atoms with Gasteiger partial charge in [-0.1, -0.05) is 77.3 Å². The van der Waals surface area contributed by atoms with E-state index in [1.54, 1.807) is 7.11 Å². The Balaban J connectivity index is 0.000000684. The summed E-state index contributed by atoms with van der Waals surface area (Å²) in [4.78, 5) is 6.60. The van der Waals surface area contributed by atoms with Crippen molar-refractivity contribution in [3.63, 3.8) is 0 Å². The highest BCUT2D eigenvalue weighted by atomic mass is 32.1. The van der Waals surface area contributed by atoms with E-state index in [2.05, 4.69) is 95.9 Å². The number of methoxy groups -OCH3 is 1. The first-order valence-corrected chi connectivity index (χ1v) is 13.7. The molecule has 3 heteroatoms. The number of pyridine rings is 1. The van der Waals surface area contributed by atoms with Crippen molar-refractivity contribution >= 4 is 23.0 Å². The quantitative estimate of drug-likeness (QED) is 0.341. The van der Waals surface area contributed by atoms with Crippen LogP contribution < -0.4 is 4.74 Å². The van der Waals surface area contributed by atoms with Gasteiger partial charge < -0.3 is 4.74 Å². The standard InChI is InChI=1S/C19H22OS.C8H11N.C3H8.C2H6/c1-6-18(15-7-9-17(20-5)10-8-15)19-12-16(11-13(2)3)14(4)21-19;1-2-3-8-4-6-9-7-5-8;1-3-2;1-2/h6-12H,1-5H3;4-7H,2-3H2,1H3;3H2,1-2H3;1-2H3/b18-6-;;;. The van der Waals surface area contributed by atoms with Crippen LogP contribution >= 0.6 is 11.3 Å². The van der Waals surface area contributed by atoms with Gasteiger partial charge in [0.15, 0.2) is 0 Å². The monoisotopic (exact) mass is 493 g/mol. The number of allylic oxidation sites excluding steroid dienone is 2. The molecule has 2 nitrogen and oxygen atoms in total. The van der Waals surface area contributed by atoms with Crippen LogP contribution in [-0.4, -0.2) is 12.1 Å². The Morgan fingerprint density at radius 2 is 1.54 bits per heavy atom. The second-order valence-corrected chi connectivity index (χ2v) is 9.34. The highest BCUT2D eigenvalue weighted by Crippen LogP contribution is 2.33. The van der Waals surface area contributed by atoms with Gasteiger partial charge in [-0.25, -0.2) is 0 Å². The summed E-state index contributed by atoms with van der Waals surface area (Å²) in [5.41, 5.74) is 6.53. The topological polar surface area (TPSA) is 22.1 Å². The van der Waals surface area contributed by atoms with E-state index in [-0.39, 0.29) is 0 Å². The minimum Gasteiger partial charge on any atom is -0.497 e. The van der Waals surface area contributed by atoms with Gasteiger partial charge in [-0.3, -0.25) is 4.98 Å². The summed E-state index contributed by atoms with van der Waals surface area (Å²) in [7, 11) is 1.69. The zero-order chi connectivity index (χ0) is 26.6. The number of benzene rings is 1. The molecular formula is C32H47NOS. The molecule has 0 fully saturated rings. The highest BCUT2D eigenvalue weighted by molar-refractivity contribution is 7.13. The molecule has 1 aromatic carbocycles. The number of rotatable bonds is 6. The molecule has 0 saturated heterocycles. The Morgan fingerprint density at radius 3 is 2.00 bits per heavy atom. The van der Waals surface area contributed by atoms with E-state index in [4.69, 9.17) is 4.74 Å². The first kappa shape index (κ1) is 32.4. The largest absolute Gasteiger partial charge is 0.497 e. The average molecular weight is 494 g/mol. The molecule has 2 heterocycles. The average Bonchev–Trinajstić information content (AvgIpc) is 3.22. The molecule has 0 amide bonds. The molecule has 0 spiro atoms. The van der Waals surface area contributed by atoms with Gasteiger partial charge in [0.25, 0.3) is 0 Å². The van der Waals surface area contributed by atoms with Crippen LogP contribution in [0.1, 0.15) is 94.7 Å². The molecule has 0 aliphatic rings. The van der Waals surface area contributed by atoms with E-state index in [1.165, 1.54) is 56.9 Å². The number of hydrogen-bond donors (Lipinski definition) is 0. The van der Waals surface area contributed by atoms with E-state index in [0.717, 1.165) is 5.75 Å². The van der Waals surface area contributed by atoms with Crippen molar-refractivity contribution in [2.24, 2.45) is 0 Å². The third kappa shape index (κ3) is 12.6. The van der Waals surface area contributed by atoms with Gasteiger partial charge in [0.2, 0.25) is 0 Å². The molecule has 35 heavy (non-hydrogen) atoms. The smallest absolute Gasteiger partial charge is 0.118 e. The van der Waals surface area contributed by atoms with Gasteiger partial charge in [-0.15, -0.1) is 11.3 Å². The van der Waals surface area contributed by atoms with E-state index < -0.39 is 0 Å². The summed E-state index contributed by atoms with van der Waals surface area (Å²) >= 11 is 1.85. The summed E-state index contributed by atoms with van der Waals surface area (Å²) in [6, 6.07) is 14.7. The van der Waals surface area contributed by atoms with Crippen LogP contribution in [0, 0.1) is 6.92 Å². The third-order valence-corrected chi connectivity index (χ3v) is 5.74. The van der Waals surface area contributed by atoms with Crippen molar-refractivity contribution < 1.29 is 4.74 Å². The minimum absolute atomic E-state index is 0.891. The van der Waals surface area contributed by atoms with Crippen molar-refractivity contribution in [1.82, 2.24) is 4.98 Å². The summed E-state index contributed by atoms with van der Waals surface area (Å²) < 4.78 is 5.23. The maximum Gasteiger partial charge on any atom is 0.118 e. The zero-order valence-electron chi connectivity index (χ0n) is 23.7. The molecular weight excluding hydrogens is 446 g/mol. The molecule has 0 bridgehead atoms. The number of aryl methyl sites for hydroxylation is 2. The maximum absolute atomic E-state index is 5.23. The fraction of sp³-hybridized carbons (Fsp3) is 0.406. The van der Waals surface area contributed by atoms with Crippen LogP contribution in [0.2, 0.25) is 0 Å². The summed E-state index contributed by atoms with van der Waals surface area (Å²) in [6.07, 6.45) is 11.7. The predicted molar refractivity (Wildman–Crippen MR) is 160 cm³/mol. The molecule has 192 valence electrons. The Labute approximate surface area is 219 Å². The first-order chi connectivity index (χ1) is 16.9. The summed E-state index contributed by atoms with van der Waals surface area (Å²) in [5.74, 6) is 0.891. The molecule has 0 saturated carbocycles. The molecule has 0 radical (unpaired) electrons. The van der Waals surface area contributed by atoms with Crippen LogP contribution in [0.5, 0.6) is 5.75 Å². The number of nitrogens with zero attached hydrogens (tertiary/aromatic N) is 1. The molecule has 0 aliphatic carbocycles. The van der Waals surface area contributed by atoms with Crippen LogP contribution in [-0.2, 0) is 6.42 Å². The second-order valence-electron chi connectivity index (χ2n) is 8.09. The molecule has 2 aromatic heterocycles. The number of ether oxygens (including phenoxy) is 1. The molecule has 0 unspecified atom stereocenters. The molecule has 0 aliphatic heterocycles. The van der Waals surface area contributed by atoms with Gasteiger partial charge in [0.1, 0.15) is 5.75 Å². The van der Waals surface area contributed by atoms with E-state index in [0.29, 0.717) is 0 Å². The highest BCUT2D eigenvalue weighted by Gasteiger charge is 2.10. The van der Waals surface area contributed by atoms with E-state index in [9.17, 15) is 0 Å². The fourth-order valence-electron chi connectivity index (χ4n) is 3.14. The van der Waals surface area contributed by atoms with Crippen LogP contribution in [0.4, 0.5) is 0 Å². The molecule has 3 rings (SSSR count). The second kappa shape index (κ2) is 19.6. The first-order valence-electron chi connectivity index (χ1n) is 12.8. The Morgan fingerprint density at radius 1 is 0.971 bits per heavy atom. The van der Waals surface area contributed by atoms with Crippen LogP contribution in [0.25, 0.3) is 11.6 Å².